The van der Waals surface area contributed by atoms with E-state index in [0.29, 0.717) is 45.5 Å². The summed E-state index contributed by atoms with van der Waals surface area (Å²) in [5, 5.41) is 28.5. The molecule has 0 spiro atoms. The second-order valence-corrected chi connectivity index (χ2v) is 13.6. The Bertz CT molecular complexity index is 1440. The Kier molecular flexibility index (Phi) is 14.6. The first-order chi connectivity index (χ1) is 23.5. The van der Waals surface area contributed by atoms with E-state index in [-0.39, 0.29) is 19.1 Å². The van der Waals surface area contributed by atoms with Crippen molar-refractivity contribution >= 4 is 12.0 Å². The van der Waals surface area contributed by atoms with Gasteiger partial charge in [-0.05, 0) is 74.3 Å². The Balaban J connectivity index is 1.49. The van der Waals surface area contributed by atoms with Gasteiger partial charge >= 0.3 is 6.09 Å². The van der Waals surface area contributed by atoms with Crippen LogP contribution in [0.5, 0.6) is 0 Å². The highest BCUT2D eigenvalue weighted by Gasteiger charge is 2.35. The van der Waals surface area contributed by atoms with Gasteiger partial charge in [0.25, 0.3) is 0 Å². The number of fused-ring (bicyclic) bond motifs is 1. The minimum Gasteiger partial charge on any atom is -0.444 e. The van der Waals surface area contributed by atoms with Crippen molar-refractivity contribution in [3.8, 4) is 0 Å². The van der Waals surface area contributed by atoms with Crippen LogP contribution in [0.15, 0.2) is 78.9 Å². The zero-order valence-corrected chi connectivity index (χ0v) is 29.1. The lowest BCUT2D eigenvalue weighted by molar-refractivity contribution is -0.127. The molecule has 5 atom stereocenters. The molecule has 0 fully saturated rings. The quantitative estimate of drug-likeness (QED) is 0.113. The van der Waals surface area contributed by atoms with E-state index < -0.39 is 41.9 Å². The van der Waals surface area contributed by atoms with Gasteiger partial charge in [-0.2, -0.15) is 0 Å². The third-order valence-electron chi connectivity index (χ3n) is 8.50. The van der Waals surface area contributed by atoms with Crippen molar-refractivity contribution in [3.05, 3.63) is 107 Å². The van der Waals surface area contributed by atoms with Crippen molar-refractivity contribution in [1.82, 2.24) is 10.6 Å². The minimum absolute atomic E-state index is 0.0717. The van der Waals surface area contributed by atoms with Crippen LogP contribution in [0.25, 0.3) is 0 Å². The van der Waals surface area contributed by atoms with E-state index in [2.05, 4.69) is 10.6 Å². The Morgan fingerprint density at radius 2 is 1.51 bits per heavy atom. The molecular formula is C39H52N2O8. The lowest BCUT2D eigenvalue weighted by atomic mass is 9.88. The molecule has 266 valence electrons. The predicted molar refractivity (Wildman–Crippen MR) is 187 cm³/mol. The van der Waals surface area contributed by atoms with Gasteiger partial charge in [0.05, 0.1) is 44.1 Å². The SMILES string of the molecule is COCCOCOCCc1ccc(C[C@@H](C[C@H](O)[C@H](Cc2ccccc2)NC(=O)OC(C)(C)C)C(=O)N[C@H]2c3ccccc3C[C@H]2O)cc1. The smallest absolute Gasteiger partial charge is 0.407 e. The van der Waals surface area contributed by atoms with Gasteiger partial charge < -0.3 is 39.8 Å². The van der Waals surface area contributed by atoms with E-state index in [0.717, 1.165) is 27.8 Å². The third-order valence-corrected chi connectivity index (χ3v) is 8.50. The van der Waals surface area contributed by atoms with Gasteiger partial charge in [-0.15, -0.1) is 0 Å². The van der Waals surface area contributed by atoms with Gasteiger partial charge in [-0.25, -0.2) is 4.79 Å². The molecule has 0 radical (unpaired) electrons. The number of alkyl carbamates (subject to hydrolysis) is 1. The molecule has 10 nitrogen and oxygen atoms in total. The van der Waals surface area contributed by atoms with Gasteiger partial charge in [-0.1, -0.05) is 78.9 Å². The summed E-state index contributed by atoms with van der Waals surface area (Å²) in [5.74, 6) is -0.936. The van der Waals surface area contributed by atoms with Crippen LogP contribution in [0, 0.1) is 5.92 Å². The number of nitrogens with one attached hydrogen (secondary N) is 2. The summed E-state index contributed by atoms with van der Waals surface area (Å²) in [4.78, 5) is 26.9. The molecule has 0 heterocycles. The van der Waals surface area contributed by atoms with Crippen LogP contribution >= 0.6 is 0 Å². The fourth-order valence-corrected chi connectivity index (χ4v) is 6.00. The Hall–Kier alpha value is -3.80. The molecule has 0 aromatic heterocycles. The molecule has 1 aliphatic rings. The van der Waals surface area contributed by atoms with E-state index in [1.807, 2.05) is 78.9 Å². The van der Waals surface area contributed by atoms with E-state index in [1.165, 1.54) is 0 Å². The zero-order chi connectivity index (χ0) is 35.2. The Morgan fingerprint density at radius 3 is 2.22 bits per heavy atom. The standard InChI is InChI=1S/C39H52N2O8/c1-39(2,3)49-38(45)40-33(23-28-10-6-5-7-11-28)34(42)25-31(37(44)41-36-32-13-9-8-12-30(32)24-35(36)43)22-29-16-14-27(15-17-29)18-19-47-26-48-21-20-46-4/h5-17,31,33-36,42-43H,18-26H2,1-4H3,(H,40,45)(H,41,44)/t31-,33-,34-,35+,36-/m0/s1. The number of ether oxygens (including phenoxy) is 4. The predicted octanol–water partition coefficient (Wildman–Crippen LogP) is 4.69. The molecule has 4 rings (SSSR count). The topological polar surface area (TPSA) is 136 Å². The normalized spacial score (nSPS) is 17.5. The first kappa shape index (κ1) is 38.0. The zero-order valence-electron chi connectivity index (χ0n) is 29.1. The third kappa shape index (κ3) is 12.5. The first-order valence-corrected chi connectivity index (χ1v) is 17.0. The second-order valence-electron chi connectivity index (χ2n) is 13.6. The van der Waals surface area contributed by atoms with Crippen molar-refractivity contribution in [2.24, 2.45) is 5.92 Å². The molecule has 49 heavy (non-hydrogen) atoms. The Morgan fingerprint density at radius 1 is 0.857 bits per heavy atom. The van der Waals surface area contributed by atoms with Gasteiger partial charge in [0, 0.05) is 19.4 Å². The summed E-state index contributed by atoms with van der Waals surface area (Å²) in [7, 11) is 1.62. The maximum atomic E-state index is 14.0. The molecule has 1 aliphatic carbocycles. The van der Waals surface area contributed by atoms with Crippen LogP contribution in [0.4, 0.5) is 4.79 Å². The fourth-order valence-electron chi connectivity index (χ4n) is 6.00. The maximum Gasteiger partial charge on any atom is 0.407 e. The van der Waals surface area contributed by atoms with E-state index in [9.17, 15) is 19.8 Å². The van der Waals surface area contributed by atoms with Crippen molar-refractivity contribution in [2.45, 2.75) is 82.8 Å². The number of amides is 2. The van der Waals surface area contributed by atoms with Crippen molar-refractivity contribution in [3.63, 3.8) is 0 Å². The number of hydrogen-bond donors (Lipinski definition) is 4. The number of rotatable bonds is 18. The summed E-state index contributed by atoms with van der Waals surface area (Å²) >= 11 is 0. The van der Waals surface area contributed by atoms with Gasteiger partial charge in [-0.3, -0.25) is 4.79 Å². The molecular weight excluding hydrogens is 624 g/mol. The molecule has 0 bridgehead atoms. The summed E-state index contributed by atoms with van der Waals surface area (Å²) in [5.41, 5.74) is 4.11. The monoisotopic (exact) mass is 676 g/mol. The molecule has 10 heteroatoms. The number of aliphatic hydroxyl groups excluding tert-OH is 2. The fraction of sp³-hybridized carbons (Fsp3) is 0.487. The molecule has 3 aromatic rings. The summed E-state index contributed by atoms with van der Waals surface area (Å²) in [6.45, 7) is 7.04. The average molecular weight is 677 g/mol. The van der Waals surface area contributed by atoms with Gasteiger partial charge in [0.15, 0.2) is 0 Å². The lowest BCUT2D eigenvalue weighted by Gasteiger charge is -2.30. The number of aliphatic hydroxyl groups is 2. The van der Waals surface area contributed by atoms with Crippen molar-refractivity contribution in [1.29, 1.82) is 0 Å². The van der Waals surface area contributed by atoms with E-state index in [1.54, 1.807) is 27.9 Å². The number of carbonyl (C=O) groups is 2. The summed E-state index contributed by atoms with van der Waals surface area (Å²) in [6.07, 6.45) is -0.543. The largest absolute Gasteiger partial charge is 0.444 e. The maximum absolute atomic E-state index is 14.0. The highest BCUT2D eigenvalue weighted by atomic mass is 16.7. The second kappa shape index (κ2) is 18.8. The molecule has 4 N–H and O–H groups in total. The molecule has 0 saturated carbocycles. The van der Waals surface area contributed by atoms with Crippen LogP contribution < -0.4 is 10.6 Å². The van der Waals surface area contributed by atoms with Crippen LogP contribution in [-0.2, 0) is 49.4 Å². The minimum atomic E-state index is -1.08. The molecule has 3 aromatic carbocycles. The Labute approximate surface area is 290 Å². The number of benzene rings is 3. The van der Waals surface area contributed by atoms with E-state index >= 15 is 0 Å². The first-order valence-electron chi connectivity index (χ1n) is 17.0. The summed E-state index contributed by atoms with van der Waals surface area (Å²) in [6, 6.07) is 24.0. The highest BCUT2D eigenvalue weighted by molar-refractivity contribution is 5.80. The van der Waals surface area contributed by atoms with Crippen molar-refractivity contribution in [2.75, 3.05) is 33.7 Å². The van der Waals surface area contributed by atoms with Crippen LogP contribution in [0.2, 0.25) is 0 Å². The highest BCUT2D eigenvalue weighted by Crippen LogP contribution is 2.32. The molecule has 0 saturated heterocycles. The molecule has 0 unspecified atom stereocenters. The van der Waals surface area contributed by atoms with Crippen molar-refractivity contribution < 1.29 is 38.7 Å². The number of carbonyl (C=O) groups excluding carboxylic acids is 2. The molecule has 2 amide bonds. The van der Waals surface area contributed by atoms with Gasteiger partial charge in [0.2, 0.25) is 5.91 Å². The van der Waals surface area contributed by atoms with Crippen LogP contribution in [0.1, 0.15) is 61.1 Å². The summed E-state index contributed by atoms with van der Waals surface area (Å²) < 4.78 is 21.4. The lowest BCUT2D eigenvalue weighted by Crippen LogP contribution is -2.48. The molecule has 0 aliphatic heterocycles. The number of hydrogen-bond acceptors (Lipinski definition) is 8. The number of methoxy groups -OCH3 is 1. The average Bonchev–Trinajstić information content (AvgIpc) is 3.38. The van der Waals surface area contributed by atoms with E-state index in [4.69, 9.17) is 18.9 Å². The van der Waals surface area contributed by atoms with Crippen LogP contribution in [0.3, 0.4) is 0 Å². The van der Waals surface area contributed by atoms with Gasteiger partial charge in [0.1, 0.15) is 12.4 Å². The van der Waals surface area contributed by atoms with Crippen LogP contribution in [-0.4, -0.2) is 79.8 Å².